The molecule has 19 heavy (non-hydrogen) atoms. The smallest absolute Gasteiger partial charge is 0.296 e. The molecular formula is C12H17N3O4. The number of rotatable bonds is 5. The molecule has 0 aliphatic carbocycles. The second kappa shape index (κ2) is 5.66. The largest absolute Gasteiger partial charge is 0.496 e. The van der Waals surface area contributed by atoms with Gasteiger partial charge in [0.15, 0.2) is 0 Å². The molecule has 0 aliphatic heterocycles. The second-order valence-corrected chi connectivity index (χ2v) is 4.85. The van der Waals surface area contributed by atoms with Crippen molar-refractivity contribution in [1.82, 2.24) is 0 Å². The van der Waals surface area contributed by atoms with Crippen LogP contribution < -0.4 is 15.8 Å². The number of carbonyl (C=O) groups is 1. The van der Waals surface area contributed by atoms with Crippen molar-refractivity contribution in [3.8, 4) is 5.75 Å². The first-order valence-corrected chi connectivity index (χ1v) is 5.64. The van der Waals surface area contributed by atoms with Crippen molar-refractivity contribution in [1.29, 1.82) is 0 Å². The van der Waals surface area contributed by atoms with E-state index in [1.807, 2.05) is 0 Å². The van der Waals surface area contributed by atoms with Crippen LogP contribution in [-0.4, -0.2) is 23.5 Å². The predicted molar refractivity (Wildman–Crippen MR) is 71.2 cm³/mol. The van der Waals surface area contributed by atoms with Gasteiger partial charge in [-0.05, 0) is 26.0 Å². The third-order valence-electron chi connectivity index (χ3n) is 2.29. The van der Waals surface area contributed by atoms with E-state index in [0.29, 0.717) is 5.75 Å². The molecule has 1 amide bonds. The number of amides is 1. The highest BCUT2D eigenvalue weighted by Crippen LogP contribution is 2.29. The third kappa shape index (κ3) is 4.55. The highest BCUT2D eigenvalue weighted by Gasteiger charge is 2.20. The zero-order chi connectivity index (χ0) is 14.6. The van der Waals surface area contributed by atoms with E-state index in [1.165, 1.54) is 25.3 Å². The molecule has 1 rings (SSSR count). The van der Waals surface area contributed by atoms with Gasteiger partial charge in [0.05, 0.1) is 18.1 Å². The van der Waals surface area contributed by atoms with Crippen molar-refractivity contribution in [3.63, 3.8) is 0 Å². The van der Waals surface area contributed by atoms with Gasteiger partial charge >= 0.3 is 0 Å². The SMILES string of the molecule is COc1ccc(NC(=O)CC(C)(C)N)c([N+](=O)[O-])c1. The van der Waals surface area contributed by atoms with Gasteiger partial charge < -0.3 is 15.8 Å². The lowest BCUT2D eigenvalue weighted by molar-refractivity contribution is -0.384. The predicted octanol–water partition coefficient (Wildman–Crippen LogP) is 1.67. The number of nitro groups is 1. The minimum absolute atomic E-state index is 0.0657. The number of nitrogens with one attached hydrogen (secondary N) is 1. The summed E-state index contributed by atoms with van der Waals surface area (Å²) in [5.74, 6) is -0.0235. The molecule has 0 atom stereocenters. The molecule has 0 heterocycles. The fraction of sp³-hybridized carbons (Fsp3) is 0.417. The maximum atomic E-state index is 11.7. The number of hydrogen-bond donors (Lipinski definition) is 2. The molecule has 0 unspecified atom stereocenters. The summed E-state index contributed by atoms with van der Waals surface area (Å²) in [6.45, 7) is 3.41. The Morgan fingerprint density at radius 2 is 2.16 bits per heavy atom. The highest BCUT2D eigenvalue weighted by atomic mass is 16.6. The van der Waals surface area contributed by atoms with Crippen molar-refractivity contribution in [2.45, 2.75) is 25.8 Å². The normalized spacial score (nSPS) is 10.9. The van der Waals surface area contributed by atoms with E-state index in [1.54, 1.807) is 13.8 Å². The summed E-state index contributed by atoms with van der Waals surface area (Å²) in [5.41, 5.74) is 4.95. The number of nitrogens with zero attached hydrogens (tertiary/aromatic N) is 1. The number of hydrogen-bond acceptors (Lipinski definition) is 5. The maximum Gasteiger partial charge on any atom is 0.296 e. The van der Waals surface area contributed by atoms with Crippen LogP contribution in [-0.2, 0) is 4.79 Å². The number of nitro benzene ring substituents is 1. The summed E-state index contributed by atoms with van der Waals surface area (Å²) >= 11 is 0. The van der Waals surface area contributed by atoms with Crippen molar-refractivity contribution in [2.24, 2.45) is 5.73 Å². The molecule has 1 aromatic carbocycles. The minimum Gasteiger partial charge on any atom is -0.496 e. The number of methoxy groups -OCH3 is 1. The Hall–Kier alpha value is -2.15. The lowest BCUT2D eigenvalue weighted by atomic mass is 10.0. The number of benzene rings is 1. The van der Waals surface area contributed by atoms with Gasteiger partial charge in [0.2, 0.25) is 5.91 Å². The molecule has 0 aromatic heterocycles. The monoisotopic (exact) mass is 267 g/mol. The maximum absolute atomic E-state index is 11.7. The van der Waals surface area contributed by atoms with Crippen LogP contribution in [0.5, 0.6) is 5.75 Å². The third-order valence-corrected chi connectivity index (χ3v) is 2.29. The molecule has 0 saturated heterocycles. The zero-order valence-corrected chi connectivity index (χ0v) is 11.1. The lowest BCUT2D eigenvalue weighted by Crippen LogP contribution is -2.36. The molecule has 0 spiro atoms. The highest BCUT2D eigenvalue weighted by molar-refractivity contribution is 5.93. The van der Waals surface area contributed by atoms with Crippen LogP contribution >= 0.6 is 0 Å². The Kier molecular flexibility index (Phi) is 4.44. The van der Waals surface area contributed by atoms with Crippen LogP contribution in [0.1, 0.15) is 20.3 Å². The van der Waals surface area contributed by atoms with E-state index in [0.717, 1.165) is 0 Å². The van der Waals surface area contributed by atoms with Crippen molar-refractivity contribution >= 4 is 17.3 Å². The molecule has 104 valence electrons. The summed E-state index contributed by atoms with van der Waals surface area (Å²) in [4.78, 5) is 22.1. The standard InChI is InChI=1S/C12H17N3O4/c1-12(2,13)7-11(16)14-9-5-4-8(19-3)6-10(9)15(17)18/h4-6H,7,13H2,1-3H3,(H,14,16). The van der Waals surface area contributed by atoms with Crippen LogP contribution in [0.2, 0.25) is 0 Å². The van der Waals surface area contributed by atoms with Gasteiger partial charge in [-0.3, -0.25) is 14.9 Å². The zero-order valence-electron chi connectivity index (χ0n) is 11.1. The molecule has 0 fully saturated rings. The van der Waals surface area contributed by atoms with Gasteiger partial charge in [-0.2, -0.15) is 0 Å². The fourth-order valence-corrected chi connectivity index (χ4v) is 1.50. The second-order valence-electron chi connectivity index (χ2n) is 4.85. The summed E-state index contributed by atoms with van der Waals surface area (Å²) in [5, 5.41) is 13.4. The Bertz CT molecular complexity index is 494. The molecular weight excluding hydrogens is 250 g/mol. The number of carbonyl (C=O) groups excluding carboxylic acids is 1. The molecule has 1 aromatic rings. The van der Waals surface area contributed by atoms with Gasteiger partial charge in [-0.1, -0.05) is 0 Å². The average molecular weight is 267 g/mol. The van der Waals surface area contributed by atoms with E-state index < -0.39 is 10.5 Å². The minimum atomic E-state index is -0.675. The molecule has 7 heteroatoms. The first kappa shape index (κ1) is 14.9. The van der Waals surface area contributed by atoms with Crippen LogP contribution in [0.3, 0.4) is 0 Å². The Morgan fingerprint density at radius 3 is 2.63 bits per heavy atom. The van der Waals surface area contributed by atoms with Gasteiger partial charge in [0.1, 0.15) is 11.4 Å². The number of anilines is 1. The topological polar surface area (TPSA) is 107 Å². The van der Waals surface area contributed by atoms with E-state index >= 15 is 0 Å². The van der Waals surface area contributed by atoms with Gasteiger partial charge in [-0.25, -0.2) is 0 Å². The fourth-order valence-electron chi connectivity index (χ4n) is 1.50. The van der Waals surface area contributed by atoms with Gasteiger partial charge in [0, 0.05) is 12.0 Å². The lowest BCUT2D eigenvalue weighted by Gasteiger charge is -2.17. The molecule has 0 aliphatic rings. The van der Waals surface area contributed by atoms with Gasteiger partial charge in [0.25, 0.3) is 5.69 Å². The molecule has 3 N–H and O–H groups in total. The van der Waals surface area contributed by atoms with Crippen molar-refractivity contribution in [3.05, 3.63) is 28.3 Å². The summed E-state index contributed by atoms with van der Waals surface area (Å²) in [6, 6.07) is 4.22. The number of ether oxygens (including phenoxy) is 1. The Morgan fingerprint density at radius 1 is 1.53 bits per heavy atom. The summed E-state index contributed by atoms with van der Waals surface area (Å²) in [6.07, 6.45) is 0.0657. The molecule has 0 radical (unpaired) electrons. The van der Waals surface area contributed by atoms with Crippen LogP contribution in [0.15, 0.2) is 18.2 Å². The van der Waals surface area contributed by atoms with Crippen LogP contribution in [0, 0.1) is 10.1 Å². The first-order valence-electron chi connectivity index (χ1n) is 5.64. The van der Waals surface area contributed by atoms with E-state index in [9.17, 15) is 14.9 Å². The molecule has 0 saturated carbocycles. The van der Waals surface area contributed by atoms with Crippen LogP contribution in [0.25, 0.3) is 0 Å². The average Bonchev–Trinajstić information content (AvgIpc) is 2.26. The van der Waals surface area contributed by atoms with Crippen LogP contribution in [0.4, 0.5) is 11.4 Å². The quantitative estimate of drug-likeness (QED) is 0.623. The number of nitrogens with two attached hydrogens (primary N) is 1. The summed E-state index contributed by atoms with van der Waals surface area (Å²) < 4.78 is 4.91. The first-order chi connectivity index (χ1) is 8.73. The van der Waals surface area contributed by atoms with E-state index in [-0.39, 0.29) is 23.7 Å². The van der Waals surface area contributed by atoms with E-state index in [4.69, 9.17) is 10.5 Å². The van der Waals surface area contributed by atoms with Crippen molar-refractivity contribution < 1.29 is 14.5 Å². The Labute approximate surface area is 110 Å². The van der Waals surface area contributed by atoms with Crippen molar-refractivity contribution in [2.75, 3.05) is 12.4 Å². The summed E-state index contributed by atoms with van der Waals surface area (Å²) in [7, 11) is 1.41. The van der Waals surface area contributed by atoms with E-state index in [2.05, 4.69) is 5.32 Å². The Balaban J connectivity index is 2.95. The molecule has 0 bridgehead atoms. The van der Waals surface area contributed by atoms with Gasteiger partial charge in [-0.15, -0.1) is 0 Å². The molecule has 7 nitrogen and oxygen atoms in total.